The number of rotatable bonds is 3. The molecule has 0 bridgehead atoms. The second-order valence-electron chi connectivity index (χ2n) is 8.64. The van der Waals surface area contributed by atoms with E-state index in [4.69, 9.17) is 9.47 Å². The Kier molecular flexibility index (Phi) is 5.06. The first-order valence-corrected chi connectivity index (χ1v) is 11.0. The van der Waals surface area contributed by atoms with Crippen molar-refractivity contribution in [2.75, 3.05) is 6.54 Å². The van der Waals surface area contributed by atoms with Crippen molar-refractivity contribution in [1.82, 2.24) is 4.90 Å². The van der Waals surface area contributed by atoms with Crippen LogP contribution in [0.1, 0.15) is 54.6 Å². The van der Waals surface area contributed by atoms with Gasteiger partial charge in [0, 0.05) is 18.2 Å². The van der Waals surface area contributed by atoms with E-state index in [1.165, 1.54) is 6.42 Å². The third-order valence-corrected chi connectivity index (χ3v) is 6.53. The van der Waals surface area contributed by atoms with Gasteiger partial charge in [0.15, 0.2) is 5.76 Å². The van der Waals surface area contributed by atoms with E-state index in [0.717, 1.165) is 36.3 Å². The van der Waals surface area contributed by atoms with E-state index in [2.05, 4.69) is 11.8 Å². The first-order chi connectivity index (χ1) is 15.0. The summed E-state index contributed by atoms with van der Waals surface area (Å²) in [6, 6.07) is 11.5. The Labute approximate surface area is 182 Å². The van der Waals surface area contributed by atoms with Gasteiger partial charge in [-0.05, 0) is 69.2 Å². The van der Waals surface area contributed by atoms with Crippen LogP contribution in [0.5, 0.6) is 17.2 Å². The van der Waals surface area contributed by atoms with Crippen LogP contribution < -0.4 is 9.47 Å². The molecule has 0 aromatic heterocycles. The van der Waals surface area contributed by atoms with Gasteiger partial charge in [0.2, 0.25) is 5.78 Å². The zero-order valence-corrected chi connectivity index (χ0v) is 17.9. The lowest BCUT2D eigenvalue weighted by molar-refractivity contribution is 0.101. The first kappa shape index (κ1) is 19.9. The predicted octanol–water partition coefficient (Wildman–Crippen LogP) is 5.09. The van der Waals surface area contributed by atoms with Crippen molar-refractivity contribution in [2.45, 2.75) is 51.8 Å². The summed E-state index contributed by atoms with van der Waals surface area (Å²) < 4.78 is 12.1. The Hall–Kier alpha value is -3.05. The molecule has 5 nitrogen and oxygen atoms in total. The highest BCUT2D eigenvalue weighted by molar-refractivity contribution is 6.13. The fraction of sp³-hybridized carbons (Fsp3) is 0.346. The molecule has 31 heavy (non-hydrogen) atoms. The monoisotopic (exact) mass is 417 g/mol. The van der Waals surface area contributed by atoms with Crippen LogP contribution in [-0.2, 0) is 6.54 Å². The summed E-state index contributed by atoms with van der Waals surface area (Å²) in [6.45, 7) is 5.74. The molecular formula is C26H27NO4. The quantitative estimate of drug-likeness (QED) is 0.705. The van der Waals surface area contributed by atoms with Crippen molar-refractivity contribution in [1.29, 1.82) is 0 Å². The summed E-state index contributed by atoms with van der Waals surface area (Å²) in [5.74, 6) is 1.61. The van der Waals surface area contributed by atoms with Crippen LogP contribution >= 0.6 is 0 Å². The molecule has 2 aromatic rings. The normalized spacial score (nSPS) is 24.3. The van der Waals surface area contributed by atoms with Gasteiger partial charge in [-0.25, -0.2) is 0 Å². The number of ether oxygens (including phenoxy) is 2. The molecule has 0 amide bonds. The van der Waals surface area contributed by atoms with E-state index in [-0.39, 0.29) is 23.4 Å². The van der Waals surface area contributed by atoms with Gasteiger partial charge in [-0.15, -0.1) is 0 Å². The van der Waals surface area contributed by atoms with E-state index < -0.39 is 0 Å². The Morgan fingerprint density at radius 1 is 1.16 bits per heavy atom. The van der Waals surface area contributed by atoms with E-state index in [1.807, 2.05) is 37.3 Å². The average Bonchev–Trinajstić information content (AvgIpc) is 3.07. The molecule has 5 heteroatoms. The highest BCUT2D eigenvalue weighted by atomic mass is 16.5. The lowest BCUT2D eigenvalue weighted by atomic mass is 9.99. The summed E-state index contributed by atoms with van der Waals surface area (Å²) in [7, 11) is 0. The van der Waals surface area contributed by atoms with E-state index >= 15 is 0 Å². The highest BCUT2D eigenvalue weighted by Crippen LogP contribution is 2.41. The van der Waals surface area contributed by atoms with E-state index in [1.54, 1.807) is 18.2 Å². The summed E-state index contributed by atoms with van der Waals surface area (Å²) in [4.78, 5) is 15.4. The molecule has 5 rings (SSSR count). The summed E-state index contributed by atoms with van der Waals surface area (Å²) in [5.41, 5.74) is 3.06. The maximum atomic E-state index is 13.1. The zero-order chi connectivity index (χ0) is 21.5. The number of nitrogens with zero attached hydrogens (tertiary/aromatic N) is 1. The molecule has 0 radical (unpaired) electrons. The number of phenols is 1. The molecule has 3 heterocycles. The van der Waals surface area contributed by atoms with Gasteiger partial charge in [0.1, 0.15) is 23.4 Å². The first-order valence-electron chi connectivity index (χ1n) is 11.0. The number of hydrogen-bond donors (Lipinski definition) is 1. The van der Waals surface area contributed by atoms with Crippen LogP contribution in [0.15, 0.2) is 53.8 Å². The third kappa shape index (κ3) is 3.63. The van der Waals surface area contributed by atoms with Crippen LogP contribution in [0.25, 0.3) is 6.08 Å². The van der Waals surface area contributed by atoms with Gasteiger partial charge in [-0.1, -0.05) is 24.6 Å². The Morgan fingerprint density at radius 3 is 2.84 bits per heavy atom. The van der Waals surface area contributed by atoms with Gasteiger partial charge in [-0.2, -0.15) is 0 Å². The molecule has 0 spiro atoms. The molecule has 2 aromatic carbocycles. The molecule has 1 saturated heterocycles. The zero-order valence-electron chi connectivity index (χ0n) is 17.9. The van der Waals surface area contributed by atoms with Crippen molar-refractivity contribution in [2.24, 2.45) is 0 Å². The van der Waals surface area contributed by atoms with Gasteiger partial charge >= 0.3 is 0 Å². The van der Waals surface area contributed by atoms with Gasteiger partial charge in [-0.3, -0.25) is 9.69 Å². The largest absolute Gasteiger partial charge is 0.507 e. The number of piperidine rings is 1. The van der Waals surface area contributed by atoms with Crippen LogP contribution in [0.4, 0.5) is 0 Å². The number of likely N-dealkylation sites (tertiary alicyclic amines) is 1. The van der Waals surface area contributed by atoms with Crippen molar-refractivity contribution in [3.8, 4) is 17.2 Å². The maximum absolute atomic E-state index is 13.1. The van der Waals surface area contributed by atoms with Gasteiger partial charge < -0.3 is 14.6 Å². The second-order valence-corrected chi connectivity index (χ2v) is 8.64. The van der Waals surface area contributed by atoms with Crippen LogP contribution in [-0.4, -0.2) is 34.5 Å². The number of carbonyl (C=O) groups excluding carboxylic acids is 1. The van der Waals surface area contributed by atoms with Crippen molar-refractivity contribution >= 4 is 11.9 Å². The molecule has 3 aliphatic rings. The SMILES string of the molecule is CC1Oc2ccccc2C=C1/C=C1\Oc2c(ccc(O)c2CN2CCCCC2C)C1=O. The molecule has 1 fully saturated rings. The summed E-state index contributed by atoms with van der Waals surface area (Å²) >= 11 is 0. The molecule has 2 unspecified atom stereocenters. The molecule has 0 aliphatic carbocycles. The lowest BCUT2D eigenvalue weighted by Crippen LogP contribution is -2.36. The molecule has 160 valence electrons. The Balaban J connectivity index is 1.47. The number of fused-ring (bicyclic) bond motifs is 2. The predicted molar refractivity (Wildman–Crippen MR) is 119 cm³/mol. The smallest absolute Gasteiger partial charge is 0.231 e. The average molecular weight is 418 g/mol. The van der Waals surface area contributed by atoms with Gasteiger partial charge in [0.25, 0.3) is 0 Å². The van der Waals surface area contributed by atoms with Crippen LogP contribution in [0.3, 0.4) is 0 Å². The number of hydrogen-bond acceptors (Lipinski definition) is 5. The molecule has 0 saturated carbocycles. The number of aromatic hydroxyl groups is 1. The number of allylic oxidation sites excluding steroid dienone is 1. The molecular weight excluding hydrogens is 390 g/mol. The second kappa shape index (κ2) is 7.89. The van der Waals surface area contributed by atoms with Gasteiger partial charge in [0.05, 0.1) is 11.1 Å². The summed E-state index contributed by atoms with van der Waals surface area (Å²) in [6.07, 6.45) is 7.14. The number of phenolic OH excluding ortho intramolecular Hbond substituents is 1. The Morgan fingerprint density at radius 2 is 2.00 bits per heavy atom. The van der Waals surface area contributed by atoms with E-state index in [9.17, 15) is 9.90 Å². The maximum Gasteiger partial charge on any atom is 0.231 e. The minimum atomic E-state index is -0.190. The fourth-order valence-electron chi connectivity index (χ4n) is 4.62. The molecule has 2 atom stereocenters. The topological polar surface area (TPSA) is 59.0 Å². The van der Waals surface area contributed by atoms with Crippen molar-refractivity contribution in [3.05, 3.63) is 70.5 Å². The lowest BCUT2D eigenvalue weighted by Gasteiger charge is -2.33. The minimum absolute atomic E-state index is 0.157. The van der Waals surface area contributed by atoms with Crippen LogP contribution in [0, 0.1) is 0 Å². The number of para-hydroxylation sites is 1. The minimum Gasteiger partial charge on any atom is -0.507 e. The molecule has 1 N–H and O–H groups in total. The van der Waals surface area contributed by atoms with E-state index in [0.29, 0.717) is 29.5 Å². The fourth-order valence-corrected chi connectivity index (χ4v) is 4.62. The third-order valence-electron chi connectivity index (χ3n) is 6.53. The summed E-state index contributed by atoms with van der Waals surface area (Å²) in [5, 5.41) is 10.6. The number of carbonyl (C=O) groups is 1. The number of Topliss-reactive ketones (excluding diaryl/α,β-unsaturated/α-hetero) is 1. The highest BCUT2D eigenvalue weighted by Gasteiger charge is 2.33. The molecule has 3 aliphatic heterocycles. The van der Waals surface area contributed by atoms with Crippen molar-refractivity contribution in [3.63, 3.8) is 0 Å². The number of ketones is 1. The number of benzene rings is 2. The standard InChI is InChI=1S/C26H27NO4/c1-16-7-5-6-12-27(16)15-21-22(28)11-10-20-25(29)24(31-26(20)21)14-19-13-18-8-3-4-9-23(18)30-17(19)2/h3-4,8-11,13-14,16-17,28H,5-7,12,15H2,1-2H3/b24-14-. The van der Waals surface area contributed by atoms with Crippen LogP contribution in [0.2, 0.25) is 0 Å². The van der Waals surface area contributed by atoms with Crippen molar-refractivity contribution < 1.29 is 19.4 Å². The Bertz CT molecular complexity index is 1100.